The molecule has 28 heavy (non-hydrogen) atoms. The highest BCUT2D eigenvalue weighted by molar-refractivity contribution is 7.15. The number of hydrogen-bond donors (Lipinski definition) is 1. The monoisotopic (exact) mass is 395 g/mol. The van der Waals surface area contributed by atoms with Crippen LogP contribution in [-0.2, 0) is 6.42 Å². The first-order valence-electron chi connectivity index (χ1n) is 10.1. The minimum Gasteiger partial charge on any atom is -0.408 e. The fourth-order valence-corrected chi connectivity index (χ4v) is 5.44. The number of hydrogen-bond acceptors (Lipinski definition) is 7. The van der Waals surface area contributed by atoms with Gasteiger partial charge in [0.25, 0.3) is 0 Å². The number of fused-ring (bicyclic) bond motifs is 1. The molecule has 1 N–H and O–H groups in total. The van der Waals surface area contributed by atoms with Crippen LogP contribution in [0.1, 0.15) is 53.6 Å². The van der Waals surface area contributed by atoms with Crippen LogP contribution < -0.4 is 10.2 Å². The van der Waals surface area contributed by atoms with E-state index >= 15 is 0 Å². The Bertz CT molecular complexity index is 929. The van der Waals surface area contributed by atoms with E-state index in [9.17, 15) is 0 Å². The molecule has 1 aromatic carbocycles. The van der Waals surface area contributed by atoms with Crippen molar-refractivity contribution in [3.8, 4) is 0 Å². The van der Waals surface area contributed by atoms with Crippen LogP contribution in [0.4, 0.5) is 11.1 Å². The molecule has 3 heterocycles. The number of anilines is 2. The summed E-state index contributed by atoms with van der Waals surface area (Å²) in [4.78, 5) is 8.67. The molecule has 2 aromatic heterocycles. The molecule has 0 saturated carbocycles. The Morgan fingerprint density at radius 1 is 1.11 bits per heavy atom. The van der Waals surface area contributed by atoms with Crippen molar-refractivity contribution in [1.29, 1.82) is 0 Å². The van der Waals surface area contributed by atoms with Crippen molar-refractivity contribution >= 4 is 22.5 Å². The van der Waals surface area contributed by atoms with Crippen LogP contribution in [0.25, 0.3) is 0 Å². The fourth-order valence-electron chi connectivity index (χ4n) is 4.29. The predicted octanol–water partition coefficient (Wildman–Crippen LogP) is 4.38. The number of nitrogens with one attached hydrogen (secondary N) is 1. The Kier molecular flexibility index (Phi) is 4.76. The van der Waals surface area contributed by atoms with Crippen molar-refractivity contribution in [2.24, 2.45) is 0 Å². The average Bonchev–Trinajstić information content (AvgIpc) is 3.34. The molecular weight excluding hydrogens is 370 g/mol. The Balaban J connectivity index is 1.26. The number of nitrogens with zero attached hydrogens (tertiary/aromatic N) is 4. The molecule has 5 rings (SSSR count). The maximum Gasteiger partial charge on any atom is 0.318 e. The third kappa shape index (κ3) is 3.51. The average molecular weight is 396 g/mol. The topological polar surface area (TPSA) is 67.1 Å². The third-order valence-electron chi connectivity index (χ3n) is 5.76. The van der Waals surface area contributed by atoms with E-state index in [4.69, 9.17) is 9.40 Å². The molecule has 0 bridgehead atoms. The number of piperidine rings is 1. The third-order valence-corrected chi connectivity index (χ3v) is 6.83. The highest BCUT2D eigenvalue weighted by Crippen LogP contribution is 2.40. The normalized spacial score (nSPS) is 20.2. The molecule has 1 saturated heterocycles. The summed E-state index contributed by atoms with van der Waals surface area (Å²) in [6.45, 7) is 3.69. The van der Waals surface area contributed by atoms with Crippen molar-refractivity contribution in [3.63, 3.8) is 0 Å². The zero-order chi connectivity index (χ0) is 18.9. The van der Waals surface area contributed by atoms with Crippen molar-refractivity contribution in [2.75, 3.05) is 23.3 Å². The summed E-state index contributed by atoms with van der Waals surface area (Å²) in [5.41, 5.74) is 2.69. The number of aryl methyl sites for hydroxylation is 2. The second-order valence-corrected chi connectivity index (χ2v) is 8.78. The second kappa shape index (κ2) is 7.54. The van der Waals surface area contributed by atoms with Gasteiger partial charge >= 0.3 is 6.01 Å². The summed E-state index contributed by atoms with van der Waals surface area (Å²) < 4.78 is 5.56. The van der Waals surface area contributed by atoms with Crippen LogP contribution in [-0.4, -0.2) is 34.3 Å². The molecule has 0 spiro atoms. The molecule has 1 fully saturated rings. The molecule has 146 valence electrons. The van der Waals surface area contributed by atoms with Crippen LogP contribution in [0.5, 0.6) is 0 Å². The highest BCUT2D eigenvalue weighted by Gasteiger charge is 2.28. The smallest absolute Gasteiger partial charge is 0.318 e. The molecule has 1 atom stereocenters. The van der Waals surface area contributed by atoms with Crippen molar-refractivity contribution in [2.45, 2.75) is 51.0 Å². The van der Waals surface area contributed by atoms with E-state index in [0.29, 0.717) is 23.9 Å². The minimum absolute atomic E-state index is 0.444. The van der Waals surface area contributed by atoms with Gasteiger partial charge in [-0.15, -0.1) is 16.4 Å². The molecule has 3 aromatic rings. The van der Waals surface area contributed by atoms with Crippen molar-refractivity contribution in [3.05, 3.63) is 52.4 Å². The molecule has 1 aliphatic heterocycles. The van der Waals surface area contributed by atoms with Gasteiger partial charge in [0.2, 0.25) is 5.89 Å². The van der Waals surface area contributed by atoms with Gasteiger partial charge < -0.3 is 14.6 Å². The first-order chi connectivity index (χ1) is 13.8. The maximum atomic E-state index is 5.56. The van der Waals surface area contributed by atoms with Gasteiger partial charge in [-0.05, 0) is 37.7 Å². The lowest BCUT2D eigenvalue weighted by atomic mass is 9.85. The standard InChI is InChI=1S/C21H25N5OS/c1-14-24-25-21(27-14)26-12-10-16(11-13-26)22-20-23-19-17(8-5-9-18(19)28-20)15-6-3-2-4-7-15/h2-4,6-7,16-17H,5,8-13H2,1H3,(H,22,23). The van der Waals surface area contributed by atoms with E-state index in [1.165, 1.54) is 29.0 Å². The van der Waals surface area contributed by atoms with Crippen LogP contribution >= 0.6 is 11.3 Å². The quantitative estimate of drug-likeness (QED) is 0.707. The Labute approximate surface area is 169 Å². The largest absolute Gasteiger partial charge is 0.408 e. The zero-order valence-electron chi connectivity index (χ0n) is 16.1. The molecule has 2 aliphatic rings. The second-order valence-electron chi connectivity index (χ2n) is 7.69. The van der Waals surface area contributed by atoms with Crippen molar-refractivity contribution < 1.29 is 4.42 Å². The molecule has 7 heteroatoms. The number of aromatic nitrogens is 3. The molecule has 1 unspecified atom stereocenters. The van der Waals surface area contributed by atoms with E-state index in [1.54, 1.807) is 0 Å². The predicted molar refractivity (Wildman–Crippen MR) is 111 cm³/mol. The highest BCUT2D eigenvalue weighted by atomic mass is 32.1. The Morgan fingerprint density at radius 3 is 2.68 bits per heavy atom. The Morgan fingerprint density at radius 2 is 1.93 bits per heavy atom. The van der Waals surface area contributed by atoms with Gasteiger partial charge in [0, 0.05) is 36.9 Å². The lowest BCUT2D eigenvalue weighted by molar-refractivity contribution is 0.459. The van der Waals surface area contributed by atoms with Gasteiger partial charge in [-0.2, -0.15) is 0 Å². The van der Waals surface area contributed by atoms with Gasteiger partial charge in [0.1, 0.15) is 0 Å². The minimum atomic E-state index is 0.444. The number of rotatable bonds is 4. The number of thiazole rings is 1. The van der Waals surface area contributed by atoms with E-state index in [-0.39, 0.29) is 0 Å². The Hall–Kier alpha value is -2.41. The van der Waals surface area contributed by atoms with Gasteiger partial charge in [0.15, 0.2) is 5.13 Å². The van der Waals surface area contributed by atoms with E-state index in [0.717, 1.165) is 37.5 Å². The summed E-state index contributed by atoms with van der Waals surface area (Å²) in [5.74, 6) is 1.07. The van der Waals surface area contributed by atoms with E-state index < -0.39 is 0 Å². The van der Waals surface area contributed by atoms with Crippen LogP contribution in [0.15, 0.2) is 34.7 Å². The van der Waals surface area contributed by atoms with Gasteiger partial charge in [0.05, 0.1) is 5.69 Å². The van der Waals surface area contributed by atoms with Gasteiger partial charge in [-0.1, -0.05) is 35.4 Å². The van der Waals surface area contributed by atoms with E-state index in [1.807, 2.05) is 18.3 Å². The summed E-state index contributed by atoms with van der Waals surface area (Å²) in [6, 6.07) is 11.9. The van der Waals surface area contributed by atoms with Gasteiger partial charge in [-0.25, -0.2) is 4.98 Å². The van der Waals surface area contributed by atoms with Crippen LogP contribution in [0, 0.1) is 6.92 Å². The summed E-state index contributed by atoms with van der Waals surface area (Å²) in [5, 5.41) is 12.9. The molecule has 6 nitrogen and oxygen atoms in total. The molecular formula is C21H25N5OS. The summed E-state index contributed by atoms with van der Waals surface area (Å²) in [7, 11) is 0. The summed E-state index contributed by atoms with van der Waals surface area (Å²) >= 11 is 1.85. The lowest BCUT2D eigenvalue weighted by Gasteiger charge is -2.30. The zero-order valence-corrected chi connectivity index (χ0v) is 16.9. The molecule has 0 radical (unpaired) electrons. The first-order valence-corrected chi connectivity index (χ1v) is 10.9. The number of benzene rings is 1. The fraction of sp³-hybridized carbons (Fsp3) is 0.476. The summed E-state index contributed by atoms with van der Waals surface area (Å²) in [6.07, 6.45) is 5.70. The maximum absolute atomic E-state index is 5.56. The SMILES string of the molecule is Cc1nnc(N2CCC(Nc3nc4c(s3)CCCC4c3ccccc3)CC2)o1. The van der Waals surface area contributed by atoms with Crippen LogP contribution in [0.2, 0.25) is 0 Å². The van der Waals surface area contributed by atoms with Gasteiger partial charge in [-0.3, -0.25) is 0 Å². The first kappa shape index (κ1) is 17.7. The molecule has 1 aliphatic carbocycles. The lowest BCUT2D eigenvalue weighted by Crippen LogP contribution is -2.39. The van der Waals surface area contributed by atoms with E-state index in [2.05, 4.69) is 50.7 Å². The van der Waals surface area contributed by atoms with Crippen molar-refractivity contribution in [1.82, 2.24) is 15.2 Å². The molecule has 0 amide bonds. The van der Waals surface area contributed by atoms with Crippen LogP contribution in [0.3, 0.4) is 0 Å².